The number of rotatable bonds is 5. The summed E-state index contributed by atoms with van der Waals surface area (Å²) in [5, 5.41) is 0. The lowest BCUT2D eigenvalue weighted by atomic mass is 9.99. The van der Waals surface area contributed by atoms with Gasteiger partial charge in [-0.25, -0.2) is 0 Å². The molecular weight excluding hydrogens is 326 g/mol. The van der Waals surface area contributed by atoms with Gasteiger partial charge in [-0.1, -0.05) is 52.3 Å². The summed E-state index contributed by atoms with van der Waals surface area (Å²) in [7, 11) is 0. The third-order valence-corrected chi connectivity index (χ3v) is 4.86. The van der Waals surface area contributed by atoms with E-state index in [2.05, 4.69) is 52.3 Å². The highest BCUT2D eigenvalue weighted by Gasteiger charge is 2.43. The van der Waals surface area contributed by atoms with Gasteiger partial charge in [-0.3, -0.25) is 0 Å². The maximum Gasteiger partial charge on any atom is 0.120 e. The Labute approximate surface area is 134 Å². The topological polar surface area (TPSA) is 35.2 Å². The Morgan fingerprint density at radius 3 is 2.67 bits per heavy atom. The van der Waals surface area contributed by atoms with Crippen LogP contribution < -0.4 is 10.5 Å². The normalized spacial score (nSPS) is 21.9. The first-order valence-electron chi connectivity index (χ1n) is 7.43. The van der Waals surface area contributed by atoms with Gasteiger partial charge >= 0.3 is 0 Å². The Morgan fingerprint density at radius 1 is 1.24 bits per heavy atom. The van der Waals surface area contributed by atoms with Crippen LogP contribution in [-0.4, -0.2) is 6.61 Å². The van der Waals surface area contributed by atoms with Gasteiger partial charge in [0.05, 0.1) is 6.61 Å². The van der Waals surface area contributed by atoms with Gasteiger partial charge in [-0.2, -0.15) is 0 Å². The monoisotopic (exact) mass is 345 g/mol. The number of ether oxygens (including phenoxy) is 1. The van der Waals surface area contributed by atoms with Crippen molar-refractivity contribution in [3.63, 3.8) is 0 Å². The number of nitrogens with two attached hydrogens (primary N) is 1. The molecule has 3 atom stereocenters. The van der Waals surface area contributed by atoms with E-state index in [9.17, 15) is 0 Å². The number of hydrogen-bond donors (Lipinski definition) is 1. The second-order valence-electron chi connectivity index (χ2n) is 5.56. The molecule has 21 heavy (non-hydrogen) atoms. The molecule has 0 aromatic heterocycles. The fourth-order valence-electron chi connectivity index (χ4n) is 2.96. The largest absolute Gasteiger partial charge is 0.494 e. The van der Waals surface area contributed by atoms with Crippen molar-refractivity contribution in [2.24, 2.45) is 11.7 Å². The minimum absolute atomic E-state index is 0.0697. The van der Waals surface area contributed by atoms with Crippen molar-refractivity contribution in [3.8, 4) is 5.75 Å². The lowest BCUT2D eigenvalue weighted by molar-refractivity contribution is 0.340. The second kappa shape index (κ2) is 6.20. The van der Waals surface area contributed by atoms with E-state index in [4.69, 9.17) is 10.5 Å². The van der Waals surface area contributed by atoms with Crippen LogP contribution >= 0.6 is 15.9 Å². The van der Waals surface area contributed by atoms with Crippen molar-refractivity contribution in [1.29, 1.82) is 0 Å². The summed E-state index contributed by atoms with van der Waals surface area (Å²) in [6, 6.07) is 16.8. The summed E-state index contributed by atoms with van der Waals surface area (Å²) in [4.78, 5) is 0. The van der Waals surface area contributed by atoms with Crippen LogP contribution in [-0.2, 0) is 0 Å². The van der Waals surface area contributed by atoms with Gasteiger partial charge in [0, 0.05) is 10.5 Å². The van der Waals surface area contributed by atoms with Crippen LogP contribution in [0.25, 0.3) is 0 Å². The van der Waals surface area contributed by atoms with Gasteiger partial charge in [-0.05, 0) is 48.4 Å². The van der Waals surface area contributed by atoms with Crippen LogP contribution in [0, 0.1) is 5.92 Å². The van der Waals surface area contributed by atoms with Crippen molar-refractivity contribution in [2.45, 2.75) is 25.3 Å². The Hall–Kier alpha value is -1.32. The molecule has 1 aliphatic rings. The van der Waals surface area contributed by atoms with E-state index in [1.807, 2.05) is 19.1 Å². The van der Waals surface area contributed by atoms with Gasteiger partial charge in [-0.15, -0.1) is 0 Å². The Bertz CT molecular complexity index is 614. The van der Waals surface area contributed by atoms with Crippen LogP contribution in [0.4, 0.5) is 0 Å². The third-order valence-electron chi connectivity index (χ3n) is 4.17. The summed E-state index contributed by atoms with van der Waals surface area (Å²) in [6.07, 6.45) is 1.17. The molecule has 1 fully saturated rings. The first-order valence-corrected chi connectivity index (χ1v) is 8.22. The van der Waals surface area contributed by atoms with Crippen LogP contribution in [0.1, 0.15) is 36.4 Å². The summed E-state index contributed by atoms with van der Waals surface area (Å²) < 4.78 is 6.56. The van der Waals surface area contributed by atoms with Crippen LogP contribution in [0.3, 0.4) is 0 Å². The Balaban J connectivity index is 1.73. The molecular formula is C18H20BrNO. The lowest BCUT2D eigenvalue weighted by Gasteiger charge is -2.15. The Morgan fingerprint density at radius 2 is 2.00 bits per heavy atom. The zero-order valence-electron chi connectivity index (χ0n) is 12.1. The molecule has 1 saturated carbocycles. The molecule has 110 valence electrons. The minimum atomic E-state index is 0.0697. The molecule has 2 aromatic rings. The highest BCUT2D eigenvalue weighted by Crippen LogP contribution is 2.53. The van der Waals surface area contributed by atoms with E-state index in [0.29, 0.717) is 18.4 Å². The van der Waals surface area contributed by atoms with Crippen molar-refractivity contribution in [3.05, 3.63) is 64.1 Å². The van der Waals surface area contributed by atoms with Gasteiger partial charge in [0.25, 0.3) is 0 Å². The van der Waals surface area contributed by atoms with Crippen molar-refractivity contribution in [2.75, 3.05) is 6.61 Å². The van der Waals surface area contributed by atoms with E-state index in [-0.39, 0.29) is 6.04 Å². The molecule has 0 amide bonds. The fraction of sp³-hybridized carbons (Fsp3) is 0.333. The van der Waals surface area contributed by atoms with E-state index in [1.165, 1.54) is 17.5 Å². The maximum absolute atomic E-state index is 6.48. The minimum Gasteiger partial charge on any atom is -0.494 e. The average Bonchev–Trinajstić information content (AvgIpc) is 3.28. The number of hydrogen-bond acceptors (Lipinski definition) is 2. The summed E-state index contributed by atoms with van der Waals surface area (Å²) >= 11 is 3.63. The van der Waals surface area contributed by atoms with E-state index < -0.39 is 0 Å². The highest BCUT2D eigenvalue weighted by atomic mass is 79.9. The van der Waals surface area contributed by atoms with E-state index >= 15 is 0 Å². The maximum atomic E-state index is 6.48. The van der Waals surface area contributed by atoms with Crippen molar-refractivity contribution in [1.82, 2.24) is 0 Å². The Kier molecular flexibility index (Phi) is 4.32. The van der Waals surface area contributed by atoms with Crippen LogP contribution in [0.5, 0.6) is 5.75 Å². The molecule has 0 bridgehead atoms. The molecule has 2 N–H and O–H groups in total. The van der Waals surface area contributed by atoms with Gasteiger partial charge in [0.1, 0.15) is 5.75 Å². The molecule has 1 aliphatic carbocycles. The lowest BCUT2D eigenvalue weighted by Crippen LogP contribution is -2.14. The highest BCUT2D eigenvalue weighted by molar-refractivity contribution is 9.10. The summed E-state index contributed by atoms with van der Waals surface area (Å²) in [5.74, 6) is 2.01. The molecule has 3 rings (SSSR count). The SMILES string of the molecule is CCOc1ccc(C(N)C2CC2c2ccccc2)c(Br)c1. The van der Waals surface area contributed by atoms with Crippen LogP contribution in [0.15, 0.2) is 53.0 Å². The summed E-state index contributed by atoms with van der Waals surface area (Å²) in [5.41, 5.74) is 9.05. The number of halogens is 1. The molecule has 0 aliphatic heterocycles. The van der Waals surface area contributed by atoms with E-state index in [0.717, 1.165) is 10.2 Å². The first kappa shape index (κ1) is 14.6. The standard InChI is InChI=1S/C18H20BrNO/c1-2-21-13-8-9-14(17(19)10-13)18(20)16-11-15(16)12-6-4-3-5-7-12/h3-10,15-16,18H,2,11,20H2,1H3. The molecule has 0 heterocycles. The van der Waals surface area contributed by atoms with Crippen LogP contribution in [0.2, 0.25) is 0 Å². The van der Waals surface area contributed by atoms with Crippen molar-refractivity contribution >= 4 is 15.9 Å². The number of benzene rings is 2. The average molecular weight is 346 g/mol. The first-order chi connectivity index (χ1) is 10.2. The smallest absolute Gasteiger partial charge is 0.120 e. The molecule has 2 nitrogen and oxygen atoms in total. The second-order valence-corrected chi connectivity index (χ2v) is 6.41. The molecule has 2 aromatic carbocycles. The van der Waals surface area contributed by atoms with Gasteiger partial charge < -0.3 is 10.5 Å². The fourth-order valence-corrected chi connectivity index (χ4v) is 3.58. The van der Waals surface area contributed by atoms with Gasteiger partial charge in [0.2, 0.25) is 0 Å². The third kappa shape index (κ3) is 3.14. The molecule has 3 heteroatoms. The van der Waals surface area contributed by atoms with E-state index in [1.54, 1.807) is 0 Å². The quantitative estimate of drug-likeness (QED) is 0.855. The molecule has 0 spiro atoms. The van der Waals surface area contributed by atoms with Crippen molar-refractivity contribution < 1.29 is 4.74 Å². The zero-order valence-corrected chi connectivity index (χ0v) is 13.7. The molecule has 3 unspecified atom stereocenters. The predicted molar refractivity (Wildman–Crippen MR) is 89.5 cm³/mol. The summed E-state index contributed by atoms with van der Waals surface area (Å²) in [6.45, 7) is 2.67. The van der Waals surface area contributed by atoms with Gasteiger partial charge in [0.15, 0.2) is 0 Å². The zero-order chi connectivity index (χ0) is 14.8. The predicted octanol–water partition coefficient (Wildman–Crippen LogP) is 4.65. The molecule has 0 radical (unpaired) electrons. The molecule has 0 saturated heterocycles.